The van der Waals surface area contributed by atoms with Crippen LogP contribution < -0.4 is 0 Å². The van der Waals surface area contributed by atoms with E-state index < -0.39 is 6.10 Å². The molecule has 1 unspecified atom stereocenters. The van der Waals surface area contributed by atoms with Crippen LogP contribution in [0.15, 0.2) is 24.3 Å². The molecule has 1 aromatic carbocycles. The quantitative estimate of drug-likeness (QED) is 0.916. The molecule has 2 aromatic rings. The molecule has 0 aliphatic heterocycles. The molecule has 0 amide bonds. The van der Waals surface area contributed by atoms with E-state index in [1.807, 2.05) is 25.1 Å². The van der Waals surface area contributed by atoms with E-state index in [1.54, 1.807) is 6.07 Å². The van der Waals surface area contributed by atoms with Gasteiger partial charge < -0.3 is 5.11 Å². The highest BCUT2D eigenvalue weighted by Gasteiger charge is 2.19. The van der Waals surface area contributed by atoms with Crippen LogP contribution in [0.2, 0.25) is 5.02 Å². The summed E-state index contributed by atoms with van der Waals surface area (Å²) in [6.07, 6.45) is 0.0246. The summed E-state index contributed by atoms with van der Waals surface area (Å²) in [5, 5.41) is 14.8. The van der Waals surface area contributed by atoms with E-state index in [9.17, 15) is 5.11 Å². The molecule has 2 rings (SSSR count). The maximum atomic E-state index is 10.2. The highest BCUT2D eigenvalue weighted by atomic mass is 35.5. The van der Waals surface area contributed by atoms with E-state index >= 15 is 0 Å². The minimum atomic E-state index is -0.733. The Morgan fingerprint density at radius 2 is 2.19 bits per heavy atom. The van der Waals surface area contributed by atoms with Gasteiger partial charge in [0.05, 0.1) is 10.6 Å². The maximum absolute atomic E-state index is 10.2. The Morgan fingerprint density at radius 1 is 1.44 bits per heavy atom. The van der Waals surface area contributed by atoms with Gasteiger partial charge in [0.25, 0.3) is 0 Å². The van der Waals surface area contributed by atoms with Gasteiger partial charge in [-0.25, -0.2) is 0 Å². The zero-order valence-corrected chi connectivity index (χ0v) is 10.3. The molecule has 3 nitrogen and oxygen atoms in total. The second-order valence-corrected chi connectivity index (χ2v) is 4.55. The van der Waals surface area contributed by atoms with Crippen molar-refractivity contribution in [1.82, 2.24) is 9.59 Å². The van der Waals surface area contributed by atoms with Gasteiger partial charge in [-0.2, -0.15) is 0 Å². The van der Waals surface area contributed by atoms with E-state index in [0.717, 1.165) is 17.0 Å². The molecule has 84 valence electrons. The van der Waals surface area contributed by atoms with E-state index in [1.165, 1.54) is 11.5 Å². The Morgan fingerprint density at radius 3 is 2.88 bits per heavy atom. The molecule has 0 aliphatic carbocycles. The summed E-state index contributed by atoms with van der Waals surface area (Å²) >= 11 is 7.25. The van der Waals surface area contributed by atoms with Gasteiger partial charge in [-0.3, -0.25) is 0 Å². The fourth-order valence-corrected chi connectivity index (χ4v) is 2.49. The van der Waals surface area contributed by atoms with Crippen molar-refractivity contribution in [2.75, 3.05) is 0 Å². The van der Waals surface area contributed by atoms with Gasteiger partial charge in [0, 0.05) is 10.6 Å². The summed E-state index contributed by atoms with van der Waals surface area (Å²) in [5.41, 5.74) is 1.53. The fourth-order valence-electron chi connectivity index (χ4n) is 1.51. The van der Waals surface area contributed by atoms with Crippen molar-refractivity contribution in [3.8, 4) is 0 Å². The average Bonchev–Trinajstić information content (AvgIpc) is 2.77. The minimum absolute atomic E-state index is 0.561. The lowest BCUT2D eigenvalue weighted by Crippen LogP contribution is -2.01. The van der Waals surface area contributed by atoms with Gasteiger partial charge in [0.1, 0.15) is 6.10 Å². The molecule has 16 heavy (non-hydrogen) atoms. The third-order valence-electron chi connectivity index (χ3n) is 2.37. The second kappa shape index (κ2) is 4.91. The number of aryl methyl sites for hydroxylation is 1. The smallest absolute Gasteiger partial charge is 0.118 e. The zero-order valence-electron chi connectivity index (χ0n) is 8.72. The van der Waals surface area contributed by atoms with Gasteiger partial charge in [-0.05, 0) is 24.0 Å². The van der Waals surface area contributed by atoms with E-state index in [4.69, 9.17) is 11.6 Å². The molecule has 5 heteroatoms. The number of halogens is 1. The highest BCUT2D eigenvalue weighted by molar-refractivity contribution is 7.05. The van der Waals surface area contributed by atoms with Crippen LogP contribution >= 0.6 is 23.1 Å². The second-order valence-electron chi connectivity index (χ2n) is 3.36. The van der Waals surface area contributed by atoms with E-state index in [2.05, 4.69) is 9.59 Å². The SMILES string of the molecule is CCc1nnsc1C(O)c1ccccc1Cl. The van der Waals surface area contributed by atoms with Gasteiger partial charge >= 0.3 is 0 Å². The molecule has 1 atom stereocenters. The summed E-state index contributed by atoms with van der Waals surface area (Å²) in [6, 6.07) is 7.26. The van der Waals surface area contributed by atoms with Crippen molar-refractivity contribution in [1.29, 1.82) is 0 Å². The van der Waals surface area contributed by atoms with Crippen molar-refractivity contribution < 1.29 is 5.11 Å². The number of rotatable bonds is 3. The van der Waals surface area contributed by atoms with Crippen LogP contribution in [0.5, 0.6) is 0 Å². The number of hydrogen-bond donors (Lipinski definition) is 1. The van der Waals surface area contributed by atoms with Gasteiger partial charge in [0.15, 0.2) is 0 Å². The molecule has 1 heterocycles. The molecule has 1 aromatic heterocycles. The molecule has 0 saturated carbocycles. The first-order chi connectivity index (χ1) is 7.74. The number of aliphatic hydroxyl groups excluding tert-OH is 1. The van der Waals surface area contributed by atoms with E-state index in [-0.39, 0.29) is 0 Å². The van der Waals surface area contributed by atoms with Crippen LogP contribution in [0.25, 0.3) is 0 Å². The summed E-state index contributed by atoms with van der Waals surface area (Å²) in [6.45, 7) is 1.99. The number of aliphatic hydroxyl groups is 1. The monoisotopic (exact) mass is 254 g/mol. The summed E-state index contributed by atoms with van der Waals surface area (Å²) in [4.78, 5) is 0.774. The normalized spacial score (nSPS) is 12.7. The van der Waals surface area contributed by atoms with Gasteiger partial charge in [-0.15, -0.1) is 5.10 Å². The Bertz CT molecular complexity index is 486. The first kappa shape index (κ1) is 11.5. The lowest BCUT2D eigenvalue weighted by molar-refractivity contribution is 0.223. The number of nitrogens with zero attached hydrogens (tertiary/aromatic N) is 2. The first-order valence-electron chi connectivity index (χ1n) is 4.97. The van der Waals surface area contributed by atoms with Crippen LogP contribution in [0.4, 0.5) is 0 Å². The van der Waals surface area contributed by atoms with Crippen molar-refractivity contribution in [3.05, 3.63) is 45.4 Å². The van der Waals surface area contributed by atoms with Crippen molar-refractivity contribution in [3.63, 3.8) is 0 Å². The maximum Gasteiger partial charge on any atom is 0.118 e. The topological polar surface area (TPSA) is 46.0 Å². The van der Waals surface area contributed by atoms with Crippen molar-refractivity contribution in [2.24, 2.45) is 0 Å². The first-order valence-corrected chi connectivity index (χ1v) is 6.12. The lowest BCUT2D eigenvalue weighted by Gasteiger charge is -2.11. The Labute approximate surface area is 103 Å². The predicted molar refractivity (Wildman–Crippen MR) is 64.8 cm³/mol. The van der Waals surface area contributed by atoms with Crippen LogP contribution in [0, 0.1) is 0 Å². The summed E-state index contributed by atoms with van der Waals surface area (Å²) in [7, 11) is 0. The van der Waals surface area contributed by atoms with Crippen LogP contribution in [-0.4, -0.2) is 14.7 Å². The third kappa shape index (κ3) is 2.09. The Hall–Kier alpha value is -0.970. The molecular weight excluding hydrogens is 244 g/mol. The molecule has 0 spiro atoms. The molecule has 0 fully saturated rings. The molecule has 0 bridgehead atoms. The third-order valence-corrected chi connectivity index (χ3v) is 3.53. The van der Waals surface area contributed by atoms with Gasteiger partial charge in [-0.1, -0.05) is 41.2 Å². The molecule has 0 aliphatic rings. The van der Waals surface area contributed by atoms with Crippen LogP contribution in [-0.2, 0) is 6.42 Å². The number of hydrogen-bond acceptors (Lipinski definition) is 4. The number of aromatic nitrogens is 2. The largest absolute Gasteiger partial charge is 0.383 e. The van der Waals surface area contributed by atoms with Gasteiger partial charge in [0.2, 0.25) is 0 Å². The highest BCUT2D eigenvalue weighted by Crippen LogP contribution is 2.31. The summed E-state index contributed by atoms with van der Waals surface area (Å²) in [5.74, 6) is 0. The Kier molecular flexibility index (Phi) is 3.53. The molecule has 1 N–H and O–H groups in total. The molecular formula is C11H11ClN2OS. The number of benzene rings is 1. The average molecular weight is 255 g/mol. The van der Waals surface area contributed by atoms with Crippen molar-refractivity contribution >= 4 is 23.1 Å². The van der Waals surface area contributed by atoms with E-state index in [0.29, 0.717) is 10.6 Å². The van der Waals surface area contributed by atoms with Crippen LogP contribution in [0.1, 0.15) is 29.2 Å². The van der Waals surface area contributed by atoms with Crippen molar-refractivity contribution in [2.45, 2.75) is 19.4 Å². The fraction of sp³-hybridized carbons (Fsp3) is 0.273. The molecule has 0 saturated heterocycles. The Balaban J connectivity index is 2.39. The zero-order chi connectivity index (χ0) is 11.5. The minimum Gasteiger partial charge on any atom is -0.383 e. The lowest BCUT2D eigenvalue weighted by atomic mass is 10.1. The predicted octanol–water partition coefficient (Wildman–Crippen LogP) is 2.84. The summed E-state index contributed by atoms with van der Waals surface area (Å²) < 4.78 is 3.86. The van der Waals surface area contributed by atoms with Crippen LogP contribution in [0.3, 0.4) is 0 Å². The standard InChI is InChI=1S/C11H11ClN2OS/c1-2-9-11(16-14-13-9)10(15)7-5-3-4-6-8(7)12/h3-6,10,15H,2H2,1H3. The molecule has 0 radical (unpaired) electrons.